The molecular weight excluding hydrogens is 373 g/mol. The fourth-order valence-corrected chi connectivity index (χ4v) is 3.20. The van der Waals surface area contributed by atoms with E-state index in [0.717, 1.165) is 18.8 Å². The first-order valence-corrected chi connectivity index (χ1v) is 9.74. The van der Waals surface area contributed by atoms with Crippen molar-refractivity contribution in [1.29, 1.82) is 0 Å². The molecule has 1 heterocycles. The number of carbonyl (C=O) groups is 2. The molecule has 1 atom stereocenters. The van der Waals surface area contributed by atoms with Crippen molar-refractivity contribution in [2.75, 3.05) is 36.5 Å². The van der Waals surface area contributed by atoms with Crippen LogP contribution in [0.4, 0.5) is 15.8 Å². The fourth-order valence-electron chi connectivity index (χ4n) is 3.20. The number of nitrogens with one attached hydrogen (secondary N) is 2. The Bertz CT molecular complexity index is 849. The van der Waals surface area contributed by atoms with E-state index in [1.165, 1.54) is 18.2 Å². The lowest BCUT2D eigenvalue weighted by Crippen LogP contribution is -2.47. The van der Waals surface area contributed by atoms with Gasteiger partial charge in [-0.25, -0.2) is 4.39 Å². The van der Waals surface area contributed by atoms with Crippen molar-refractivity contribution < 1.29 is 18.7 Å². The standard InChI is InChI=1S/C22H26FN3O3/c1-15(2)20(25-21(27)18-5-3-4-6-19(18)23)22(28)24-16-7-9-17(10-8-16)26-11-13-29-14-12-26/h3-10,15,20H,11-14H2,1-2H3,(H,24,28)(H,25,27). The van der Waals surface area contributed by atoms with Crippen LogP contribution in [0.1, 0.15) is 24.2 Å². The normalized spacial score (nSPS) is 15.1. The Morgan fingerprint density at radius 3 is 2.31 bits per heavy atom. The Labute approximate surface area is 170 Å². The van der Waals surface area contributed by atoms with Gasteiger partial charge in [0.2, 0.25) is 5.91 Å². The van der Waals surface area contributed by atoms with Gasteiger partial charge in [-0.15, -0.1) is 0 Å². The van der Waals surface area contributed by atoms with Gasteiger partial charge < -0.3 is 20.3 Å². The van der Waals surface area contributed by atoms with Crippen LogP contribution in [0.5, 0.6) is 0 Å². The Balaban J connectivity index is 1.65. The molecule has 2 N–H and O–H groups in total. The quantitative estimate of drug-likeness (QED) is 0.783. The third kappa shape index (κ3) is 5.32. The van der Waals surface area contributed by atoms with Gasteiger partial charge in [0.15, 0.2) is 0 Å². The van der Waals surface area contributed by atoms with Gasteiger partial charge in [0.05, 0.1) is 18.8 Å². The molecule has 6 nitrogen and oxygen atoms in total. The first kappa shape index (κ1) is 20.8. The maximum Gasteiger partial charge on any atom is 0.254 e. The number of carbonyl (C=O) groups excluding carboxylic acids is 2. The SMILES string of the molecule is CC(C)C(NC(=O)c1ccccc1F)C(=O)Nc1ccc(N2CCOCC2)cc1. The molecule has 1 aliphatic heterocycles. The summed E-state index contributed by atoms with van der Waals surface area (Å²) >= 11 is 0. The lowest BCUT2D eigenvalue weighted by atomic mass is 10.0. The Morgan fingerprint density at radius 1 is 1.03 bits per heavy atom. The minimum absolute atomic E-state index is 0.0826. The average molecular weight is 399 g/mol. The van der Waals surface area contributed by atoms with Crippen molar-refractivity contribution in [3.05, 3.63) is 59.9 Å². The summed E-state index contributed by atoms with van der Waals surface area (Å²) in [4.78, 5) is 27.4. The summed E-state index contributed by atoms with van der Waals surface area (Å²) in [6.45, 7) is 6.74. The molecule has 29 heavy (non-hydrogen) atoms. The van der Waals surface area contributed by atoms with Gasteiger partial charge in [0, 0.05) is 24.5 Å². The summed E-state index contributed by atoms with van der Waals surface area (Å²) < 4.78 is 19.2. The van der Waals surface area contributed by atoms with Crippen LogP contribution >= 0.6 is 0 Å². The van der Waals surface area contributed by atoms with Crippen molar-refractivity contribution >= 4 is 23.2 Å². The van der Waals surface area contributed by atoms with E-state index in [1.54, 1.807) is 6.07 Å². The van der Waals surface area contributed by atoms with Crippen LogP contribution in [-0.2, 0) is 9.53 Å². The summed E-state index contributed by atoms with van der Waals surface area (Å²) in [6, 6.07) is 12.5. The predicted molar refractivity (Wildman–Crippen MR) is 111 cm³/mol. The van der Waals surface area contributed by atoms with Crippen LogP contribution in [0, 0.1) is 11.7 Å². The van der Waals surface area contributed by atoms with Gasteiger partial charge in [-0.2, -0.15) is 0 Å². The number of benzene rings is 2. The number of nitrogens with zero attached hydrogens (tertiary/aromatic N) is 1. The molecule has 1 fully saturated rings. The Morgan fingerprint density at radius 2 is 1.69 bits per heavy atom. The van der Waals surface area contributed by atoms with Crippen LogP contribution in [0.3, 0.4) is 0 Å². The maximum absolute atomic E-state index is 13.9. The third-order valence-electron chi connectivity index (χ3n) is 4.87. The number of hydrogen-bond acceptors (Lipinski definition) is 4. The van der Waals surface area contributed by atoms with Crippen molar-refractivity contribution in [3.8, 4) is 0 Å². The largest absolute Gasteiger partial charge is 0.378 e. The van der Waals surface area contributed by atoms with E-state index in [0.29, 0.717) is 18.9 Å². The second kappa shape index (κ2) is 9.52. The first-order valence-electron chi connectivity index (χ1n) is 9.74. The molecule has 2 aromatic carbocycles. The number of amides is 2. The molecule has 0 radical (unpaired) electrons. The zero-order chi connectivity index (χ0) is 20.8. The summed E-state index contributed by atoms with van der Waals surface area (Å²) in [5, 5.41) is 5.48. The summed E-state index contributed by atoms with van der Waals surface area (Å²) in [5.74, 6) is -1.74. The van der Waals surface area contributed by atoms with E-state index in [1.807, 2.05) is 38.1 Å². The van der Waals surface area contributed by atoms with Crippen LogP contribution in [0.2, 0.25) is 0 Å². The minimum atomic E-state index is -0.791. The summed E-state index contributed by atoms with van der Waals surface area (Å²) in [6.07, 6.45) is 0. The zero-order valence-electron chi connectivity index (χ0n) is 16.7. The number of morpholine rings is 1. The van der Waals surface area contributed by atoms with Crippen molar-refractivity contribution in [2.45, 2.75) is 19.9 Å². The molecule has 0 aliphatic carbocycles. The monoisotopic (exact) mass is 399 g/mol. The molecule has 154 valence electrons. The lowest BCUT2D eigenvalue weighted by molar-refractivity contribution is -0.118. The van der Waals surface area contributed by atoms with Gasteiger partial charge in [-0.1, -0.05) is 26.0 Å². The van der Waals surface area contributed by atoms with Gasteiger partial charge in [0.25, 0.3) is 5.91 Å². The molecule has 0 bridgehead atoms. The fraction of sp³-hybridized carbons (Fsp3) is 0.364. The molecule has 1 saturated heterocycles. The molecular formula is C22H26FN3O3. The van der Waals surface area contributed by atoms with E-state index in [9.17, 15) is 14.0 Å². The third-order valence-corrected chi connectivity index (χ3v) is 4.87. The number of hydrogen-bond donors (Lipinski definition) is 2. The van der Waals surface area contributed by atoms with Gasteiger partial charge in [-0.05, 0) is 42.3 Å². The second-order valence-electron chi connectivity index (χ2n) is 7.31. The number of ether oxygens (including phenoxy) is 1. The van der Waals surface area contributed by atoms with Crippen LogP contribution in [0.25, 0.3) is 0 Å². The predicted octanol–water partition coefficient (Wildman–Crippen LogP) is 3.06. The molecule has 0 spiro atoms. The van der Waals surface area contributed by atoms with Crippen LogP contribution in [0.15, 0.2) is 48.5 Å². The van der Waals surface area contributed by atoms with Crippen molar-refractivity contribution in [2.24, 2.45) is 5.92 Å². The number of anilines is 2. The zero-order valence-corrected chi connectivity index (χ0v) is 16.7. The molecule has 2 amide bonds. The summed E-state index contributed by atoms with van der Waals surface area (Å²) in [7, 11) is 0. The lowest BCUT2D eigenvalue weighted by Gasteiger charge is -2.29. The second-order valence-corrected chi connectivity index (χ2v) is 7.31. The van der Waals surface area contributed by atoms with Crippen LogP contribution in [-0.4, -0.2) is 44.2 Å². The minimum Gasteiger partial charge on any atom is -0.378 e. The molecule has 1 unspecified atom stereocenters. The first-order chi connectivity index (χ1) is 14.0. The van der Waals surface area contributed by atoms with Gasteiger partial charge in [0.1, 0.15) is 11.9 Å². The highest BCUT2D eigenvalue weighted by molar-refractivity contribution is 6.01. The molecule has 7 heteroatoms. The molecule has 3 rings (SSSR count). The van der Waals surface area contributed by atoms with Crippen LogP contribution < -0.4 is 15.5 Å². The molecule has 0 saturated carbocycles. The van der Waals surface area contributed by atoms with Gasteiger partial charge >= 0.3 is 0 Å². The highest BCUT2D eigenvalue weighted by Crippen LogP contribution is 2.19. The topological polar surface area (TPSA) is 70.7 Å². The number of rotatable bonds is 6. The maximum atomic E-state index is 13.9. The summed E-state index contributed by atoms with van der Waals surface area (Å²) in [5.41, 5.74) is 1.62. The highest BCUT2D eigenvalue weighted by Gasteiger charge is 2.26. The van der Waals surface area contributed by atoms with E-state index < -0.39 is 17.8 Å². The van der Waals surface area contributed by atoms with E-state index in [4.69, 9.17) is 4.74 Å². The smallest absolute Gasteiger partial charge is 0.254 e. The molecule has 1 aliphatic rings. The number of halogens is 1. The Hall–Kier alpha value is -2.93. The average Bonchev–Trinajstić information content (AvgIpc) is 2.73. The highest BCUT2D eigenvalue weighted by atomic mass is 19.1. The van der Waals surface area contributed by atoms with E-state index in [-0.39, 0.29) is 17.4 Å². The van der Waals surface area contributed by atoms with E-state index in [2.05, 4.69) is 15.5 Å². The van der Waals surface area contributed by atoms with Gasteiger partial charge in [-0.3, -0.25) is 9.59 Å². The Kier molecular flexibility index (Phi) is 6.82. The van der Waals surface area contributed by atoms with E-state index >= 15 is 0 Å². The van der Waals surface area contributed by atoms with Crippen molar-refractivity contribution in [1.82, 2.24) is 5.32 Å². The molecule has 2 aromatic rings. The molecule has 0 aromatic heterocycles. The van der Waals surface area contributed by atoms with Crippen molar-refractivity contribution in [3.63, 3.8) is 0 Å².